The van der Waals surface area contributed by atoms with Crippen molar-refractivity contribution >= 4 is 57.3 Å². The fourth-order valence-corrected chi connectivity index (χ4v) is 6.50. The average molecular weight is 489 g/mol. The molecule has 4 aliphatic rings. The Kier molecular flexibility index (Phi) is 4.49. The highest BCUT2D eigenvalue weighted by Gasteiger charge is 2.63. The first-order valence-corrected chi connectivity index (χ1v) is 11.8. The number of amides is 5. The molecular weight excluding hydrogens is 469 g/mol. The summed E-state index contributed by atoms with van der Waals surface area (Å²) in [6.07, 6.45) is -1.11. The van der Waals surface area contributed by atoms with Crippen LogP contribution in [0.1, 0.15) is 19.4 Å². The van der Waals surface area contributed by atoms with Crippen molar-refractivity contribution < 1.29 is 32.8 Å². The molecule has 3 saturated heterocycles. The SMILES string of the molecule is C[C@@H]1CN2c3c(cc4c(N5CCSC5=O)noc4c3F)CC3(C(=O)NC(=O)NC3=O)[C@H]2[C@H](C)O1. The number of imide groups is 2. The molecule has 2 N–H and O–H groups in total. The molecule has 0 bridgehead atoms. The van der Waals surface area contributed by atoms with Gasteiger partial charge in [0.05, 0.1) is 29.3 Å². The molecule has 1 spiro atoms. The number of benzene rings is 1. The van der Waals surface area contributed by atoms with Gasteiger partial charge in [-0.05, 0) is 25.5 Å². The van der Waals surface area contributed by atoms with E-state index >= 15 is 4.39 Å². The molecule has 178 valence electrons. The van der Waals surface area contributed by atoms with Gasteiger partial charge in [0, 0.05) is 25.3 Å². The smallest absolute Gasteiger partial charge is 0.328 e. The summed E-state index contributed by atoms with van der Waals surface area (Å²) in [6.45, 7) is 4.15. The van der Waals surface area contributed by atoms with Crippen molar-refractivity contribution in [3.05, 3.63) is 17.4 Å². The number of nitrogens with zero attached hydrogens (tertiary/aromatic N) is 3. The van der Waals surface area contributed by atoms with Crippen LogP contribution < -0.4 is 20.4 Å². The van der Waals surface area contributed by atoms with Crippen LogP contribution in [0.2, 0.25) is 0 Å². The number of barbiturate groups is 1. The van der Waals surface area contributed by atoms with Crippen molar-refractivity contribution in [2.45, 2.75) is 38.5 Å². The van der Waals surface area contributed by atoms with Crippen LogP contribution in [0.3, 0.4) is 0 Å². The van der Waals surface area contributed by atoms with E-state index in [0.29, 0.717) is 17.9 Å². The first-order chi connectivity index (χ1) is 16.2. The van der Waals surface area contributed by atoms with Gasteiger partial charge in [-0.3, -0.25) is 29.9 Å². The van der Waals surface area contributed by atoms with Crippen molar-refractivity contribution in [1.29, 1.82) is 0 Å². The van der Waals surface area contributed by atoms with Crippen molar-refractivity contribution in [2.75, 3.05) is 28.6 Å². The quantitative estimate of drug-likeness (QED) is 0.572. The summed E-state index contributed by atoms with van der Waals surface area (Å²) in [4.78, 5) is 53.7. The number of aromatic nitrogens is 1. The summed E-state index contributed by atoms with van der Waals surface area (Å²) in [5, 5.41) is 8.44. The number of carbonyl (C=O) groups is 4. The van der Waals surface area contributed by atoms with E-state index in [0.717, 1.165) is 11.8 Å². The minimum atomic E-state index is -1.72. The first kappa shape index (κ1) is 21.4. The zero-order valence-corrected chi connectivity index (χ0v) is 19.0. The average Bonchev–Trinajstić information content (AvgIpc) is 3.37. The maximum atomic E-state index is 16.0. The molecule has 0 aliphatic carbocycles. The zero-order chi connectivity index (χ0) is 23.9. The zero-order valence-electron chi connectivity index (χ0n) is 18.2. The standard InChI is InChI=1S/C21H20FN5O6S/c1-8-7-27-13-10(5-11-14(12(13)22)33-25-16(11)26-3-4-34-20(26)31)6-21(15(27)9(2)32-8)17(28)23-19(30)24-18(21)29/h5,8-9,15H,3-4,6-7H2,1-2H3,(H2,23,24,28,29,30)/t8-,9+,15-/m1/s1. The Balaban J connectivity index is 1.58. The van der Waals surface area contributed by atoms with Crippen LogP contribution in [0.15, 0.2) is 10.6 Å². The van der Waals surface area contributed by atoms with E-state index in [1.807, 2.05) is 6.92 Å². The molecular formula is C21H20FN5O6S. The van der Waals surface area contributed by atoms with Gasteiger partial charge in [0.15, 0.2) is 17.1 Å². The Bertz CT molecular complexity index is 1280. The number of thioether (sulfide) groups is 1. The minimum absolute atomic E-state index is 0.104. The molecule has 6 rings (SSSR count). The number of morpholine rings is 1. The summed E-state index contributed by atoms with van der Waals surface area (Å²) < 4.78 is 27.3. The number of ether oxygens (including phenoxy) is 1. The van der Waals surface area contributed by atoms with Crippen molar-refractivity contribution in [3.8, 4) is 0 Å². The van der Waals surface area contributed by atoms with E-state index in [1.165, 1.54) is 4.90 Å². The predicted octanol–water partition coefficient (Wildman–Crippen LogP) is 1.53. The number of halogens is 1. The lowest BCUT2D eigenvalue weighted by atomic mass is 9.66. The number of nitrogens with one attached hydrogen (secondary N) is 2. The van der Waals surface area contributed by atoms with Crippen LogP contribution in [0.25, 0.3) is 11.0 Å². The van der Waals surface area contributed by atoms with Gasteiger partial charge in [-0.15, -0.1) is 0 Å². The molecule has 5 amide bonds. The Morgan fingerprint density at radius 3 is 2.62 bits per heavy atom. The summed E-state index contributed by atoms with van der Waals surface area (Å²) in [5.74, 6) is -1.43. The van der Waals surface area contributed by atoms with Crippen LogP contribution in [0.5, 0.6) is 0 Å². The number of hydrogen-bond acceptors (Lipinski definition) is 9. The predicted molar refractivity (Wildman–Crippen MR) is 118 cm³/mol. The number of carbonyl (C=O) groups excluding carboxylic acids is 4. The molecule has 1 aromatic carbocycles. The second-order valence-corrected chi connectivity index (χ2v) is 10.0. The van der Waals surface area contributed by atoms with Crippen LogP contribution in [-0.4, -0.2) is 65.3 Å². The van der Waals surface area contributed by atoms with Gasteiger partial charge in [0.25, 0.3) is 5.24 Å². The first-order valence-electron chi connectivity index (χ1n) is 10.9. The highest BCUT2D eigenvalue weighted by molar-refractivity contribution is 8.14. The minimum Gasteiger partial charge on any atom is -0.372 e. The maximum Gasteiger partial charge on any atom is 0.328 e. The van der Waals surface area contributed by atoms with Gasteiger partial charge in [-0.1, -0.05) is 16.9 Å². The third-order valence-electron chi connectivity index (χ3n) is 6.96. The normalized spacial score (nSPS) is 28.3. The van der Waals surface area contributed by atoms with Crippen LogP contribution in [-0.2, 0) is 20.7 Å². The van der Waals surface area contributed by atoms with E-state index in [-0.39, 0.29) is 46.8 Å². The van der Waals surface area contributed by atoms with E-state index in [9.17, 15) is 19.2 Å². The second kappa shape index (κ2) is 7.15. The number of urea groups is 1. The summed E-state index contributed by atoms with van der Waals surface area (Å²) in [6, 6.07) is -0.144. The summed E-state index contributed by atoms with van der Waals surface area (Å²) in [7, 11) is 0. The molecule has 34 heavy (non-hydrogen) atoms. The molecule has 1 aromatic heterocycles. The molecule has 2 aromatic rings. The molecule has 0 saturated carbocycles. The van der Waals surface area contributed by atoms with Gasteiger partial charge in [0.1, 0.15) is 0 Å². The number of rotatable bonds is 1. The van der Waals surface area contributed by atoms with E-state index in [4.69, 9.17) is 9.26 Å². The molecule has 3 fully saturated rings. The lowest BCUT2D eigenvalue weighted by Crippen LogP contribution is -2.75. The second-order valence-electron chi connectivity index (χ2n) is 8.98. The maximum absolute atomic E-state index is 16.0. The van der Waals surface area contributed by atoms with Crippen LogP contribution in [0, 0.1) is 11.2 Å². The molecule has 5 heterocycles. The highest BCUT2D eigenvalue weighted by atomic mass is 32.2. The fraction of sp³-hybridized carbons (Fsp3) is 0.476. The Morgan fingerprint density at radius 2 is 1.94 bits per heavy atom. The van der Waals surface area contributed by atoms with Gasteiger partial charge >= 0.3 is 6.03 Å². The lowest BCUT2D eigenvalue weighted by molar-refractivity contribution is -0.153. The molecule has 0 radical (unpaired) electrons. The monoisotopic (exact) mass is 489 g/mol. The van der Waals surface area contributed by atoms with Crippen molar-refractivity contribution in [3.63, 3.8) is 0 Å². The fourth-order valence-electron chi connectivity index (χ4n) is 5.72. The van der Waals surface area contributed by atoms with Crippen LogP contribution >= 0.6 is 11.8 Å². The number of hydrogen-bond donors (Lipinski definition) is 2. The largest absolute Gasteiger partial charge is 0.372 e. The van der Waals surface area contributed by atoms with E-state index in [1.54, 1.807) is 17.9 Å². The summed E-state index contributed by atoms with van der Waals surface area (Å²) in [5.41, 5.74) is -1.25. The van der Waals surface area contributed by atoms with Gasteiger partial charge in [-0.2, -0.15) is 0 Å². The molecule has 3 atom stereocenters. The molecule has 4 aliphatic heterocycles. The van der Waals surface area contributed by atoms with Gasteiger partial charge in [0.2, 0.25) is 17.4 Å². The number of anilines is 2. The number of fused-ring (bicyclic) bond motifs is 5. The van der Waals surface area contributed by atoms with Gasteiger partial charge < -0.3 is 14.2 Å². The third kappa shape index (κ3) is 2.70. The Morgan fingerprint density at radius 1 is 1.21 bits per heavy atom. The van der Waals surface area contributed by atoms with Gasteiger partial charge in [-0.25, -0.2) is 9.18 Å². The molecule has 13 heteroatoms. The third-order valence-corrected chi connectivity index (χ3v) is 7.82. The Hall–Kier alpha value is -3.19. The summed E-state index contributed by atoms with van der Waals surface area (Å²) >= 11 is 1.13. The lowest BCUT2D eigenvalue weighted by Gasteiger charge is -2.55. The van der Waals surface area contributed by atoms with E-state index in [2.05, 4.69) is 15.8 Å². The molecule has 0 unspecified atom stereocenters. The highest BCUT2D eigenvalue weighted by Crippen LogP contribution is 2.49. The topological polar surface area (TPSA) is 134 Å². The van der Waals surface area contributed by atoms with Crippen molar-refractivity contribution in [1.82, 2.24) is 15.8 Å². The van der Waals surface area contributed by atoms with Crippen molar-refractivity contribution in [2.24, 2.45) is 5.41 Å². The van der Waals surface area contributed by atoms with Crippen LogP contribution in [0.4, 0.5) is 25.5 Å². The Labute approximate surface area is 196 Å². The molecule has 11 nitrogen and oxygen atoms in total. The van der Waals surface area contributed by atoms with E-state index < -0.39 is 41.2 Å².